The van der Waals surface area contributed by atoms with Crippen molar-refractivity contribution in [3.63, 3.8) is 0 Å². The van der Waals surface area contributed by atoms with Crippen LogP contribution in [0.15, 0.2) is 182 Å². The van der Waals surface area contributed by atoms with Gasteiger partial charge in [0.15, 0.2) is 0 Å². The molecule has 0 fully saturated rings. The van der Waals surface area contributed by atoms with Crippen molar-refractivity contribution in [3.8, 4) is 0 Å². The van der Waals surface area contributed by atoms with Crippen LogP contribution in [0.2, 0.25) is 0 Å². The van der Waals surface area contributed by atoms with Crippen molar-refractivity contribution in [2.24, 2.45) is 0 Å². The standard InChI is InChI=1S/C48H38N2/c1-35-16-26-41(27-17-35)49(42-28-18-36(2)19-29-42)43-30-22-37(23-31-43)20-21-38-24-32-44(33-25-38)50(40-11-4-3-5-12-40)48-34-39-10-6-7-13-45(39)46-14-8-9-15-47(46)48/h3-34H,1-2H3/b21-20+. The summed E-state index contributed by atoms with van der Waals surface area (Å²) >= 11 is 0. The second-order valence-electron chi connectivity index (χ2n) is 12.9. The zero-order chi connectivity index (χ0) is 33.9. The molecule has 0 aliphatic heterocycles. The van der Waals surface area contributed by atoms with Gasteiger partial charge in [0.2, 0.25) is 0 Å². The molecule has 0 radical (unpaired) electrons. The number of aryl methyl sites for hydroxylation is 2. The molecule has 0 saturated heterocycles. The fourth-order valence-electron chi connectivity index (χ4n) is 6.72. The van der Waals surface area contributed by atoms with Crippen LogP contribution in [0, 0.1) is 13.8 Å². The van der Waals surface area contributed by atoms with Crippen molar-refractivity contribution in [2.45, 2.75) is 13.8 Å². The topological polar surface area (TPSA) is 6.48 Å². The van der Waals surface area contributed by atoms with Crippen LogP contribution in [0.4, 0.5) is 34.1 Å². The van der Waals surface area contributed by atoms with Crippen molar-refractivity contribution in [3.05, 3.63) is 204 Å². The largest absolute Gasteiger partial charge is 0.311 e. The van der Waals surface area contributed by atoms with Gasteiger partial charge in [0.1, 0.15) is 0 Å². The summed E-state index contributed by atoms with van der Waals surface area (Å²) in [5.74, 6) is 0. The Labute approximate surface area is 294 Å². The Bertz CT molecular complexity index is 2360. The number of hydrogen-bond donors (Lipinski definition) is 0. The molecule has 0 bridgehead atoms. The molecule has 0 aliphatic carbocycles. The van der Waals surface area contributed by atoms with E-state index in [9.17, 15) is 0 Å². The third kappa shape index (κ3) is 6.27. The predicted molar refractivity (Wildman–Crippen MR) is 216 cm³/mol. The van der Waals surface area contributed by atoms with Gasteiger partial charge in [-0.3, -0.25) is 0 Å². The number of rotatable bonds is 8. The highest BCUT2D eigenvalue weighted by Crippen LogP contribution is 2.42. The minimum Gasteiger partial charge on any atom is -0.311 e. The lowest BCUT2D eigenvalue weighted by Crippen LogP contribution is -2.10. The SMILES string of the molecule is Cc1ccc(N(c2ccc(C)cc2)c2ccc(/C=C/c3ccc(N(c4ccccc4)c4cc5ccccc5c5ccccc45)cc3)cc2)cc1. The normalized spacial score (nSPS) is 11.3. The lowest BCUT2D eigenvalue weighted by atomic mass is 9.99. The molecule has 0 unspecified atom stereocenters. The van der Waals surface area contributed by atoms with E-state index >= 15 is 0 Å². The van der Waals surface area contributed by atoms with Gasteiger partial charge in [0.05, 0.1) is 5.69 Å². The Kier molecular flexibility index (Phi) is 8.42. The van der Waals surface area contributed by atoms with Crippen molar-refractivity contribution >= 4 is 67.8 Å². The minimum atomic E-state index is 1.12. The zero-order valence-corrected chi connectivity index (χ0v) is 28.4. The zero-order valence-electron chi connectivity index (χ0n) is 28.4. The van der Waals surface area contributed by atoms with Crippen LogP contribution in [-0.2, 0) is 0 Å². The molecule has 50 heavy (non-hydrogen) atoms. The van der Waals surface area contributed by atoms with Crippen molar-refractivity contribution in [1.82, 2.24) is 0 Å². The van der Waals surface area contributed by atoms with Gasteiger partial charge >= 0.3 is 0 Å². The summed E-state index contributed by atoms with van der Waals surface area (Å²) in [6, 6.07) is 65.4. The predicted octanol–water partition coefficient (Wildman–Crippen LogP) is 13.7. The van der Waals surface area contributed by atoms with E-state index in [0.29, 0.717) is 0 Å². The van der Waals surface area contributed by atoms with E-state index in [1.807, 2.05) is 0 Å². The summed E-state index contributed by atoms with van der Waals surface area (Å²) in [5.41, 5.74) is 11.6. The average Bonchev–Trinajstić information content (AvgIpc) is 3.17. The fraction of sp³-hybridized carbons (Fsp3) is 0.0417. The van der Waals surface area contributed by atoms with Crippen LogP contribution < -0.4 is 9.80 Å². The third-order valence-electron chi connectivity index (χ3n) is 9.36. The average molecular weight is 643 g/mol. The van der Waals surface area contributed by atoms with Crippen molar-refractivity contribution in [2.75, 3.05) is 9.80 Å². The van der Waals surface area contributed by atoms with Gasteiger partial charge in [0, 0.05) is 33.8 Å². The van der Waals surface area contributed by atoms with Crippen LogP contribution in [0.3, 0.4) is 0 Å². The second kappa shape index (κ2) is 13.6. The Morgan fingerprint density at radius 3 is 1.28 bits per heavy atom. The summed E-state index contributed by atoms with van der Waals surface area (Å²) in [5, 5.41) is 4.98. The number of benzene rings is 8. The molecular weight excluding hydrogens is 605 g/mol. The Morgan fingerprint density at radius 2 is 0.740 bits per heavy atom. The van der Waals surface area contributed by atoms with E-state index in [1.54, 1.807) is 0 Å². The highest BCUT2D eigenvalue weighted by molar-refractivity contribution is 6.14. The van der Waals surface area contributed by atoms with Crippen molar-refractivity contribution < 1.29 is 0 Å². The second-order valence-corrected chi connectivity index (χ2v) is 12.9. The highest BCUT2D eigenvalue weighted by atomic mass is 15.1. The van der Waals surface area contributed by atoms with Gasteiger partial charge in [-0.1, -0.05) is 139 Å². The molecule has 0 aromatic heterocycles. The van der Waals surface area contributed by atoms with Gasteiger partial charge in [-0.05, 0) is 108 Å². The Morgan fingerprint density at radius 1 is 0.340 bits per heavy atom. The molecule has 0 N–H and O–H groups in total. The van der Waals surface area contributed by atoms with E-state index in [2.05, 4.69) is 218 Å². The van der Waals surface area contributed by atoms with E-state index in [0.717, 1.165) is 39.6 Å². The van der Waals surface area contributed by atoms with E-state index in [1.165, 1.54) is 38.4 Å². The number of nitrogens with zero attached hydrogens (tertiary/aromatic N) is 2. The molecule has 0 heterocycles. The summed E-state index contributed by atoms with van der Waals surface area (Å²) in [6.45, 7) is 4.25. The molecule has 0 atom stereocenters. The van der Waals surface area contributed by atoms with E-state index in [-0.39, 0.29) is 0 Å². The molecule has 0 amide bonds. The van der Waals surface area contributed by atoms with E-state index in [4.69, 9.17) is 0 Å². The van der Waals surface area contributed by atoms with Gasteiger partial charge in [-0.2, -0.15) is 0 Å². The molecule has 240 valence electrons. The molecule has 8 aromatic rings. The first-order valence-electron chi connectivity index (χ1n) is 17.2. The Balaban J connectivity index is 1.09. The number of para-hydroxylation sites is 1. The van der Waals surface area contributed by atoms with Crippen LogP contribution >= 0.6 is 0 Å². The third-order valence-corrected chi connectivity index (χ3v) is 9.36. The number of hydrogen-bond acceptors (Lipinski definition) is 2. The maximum Gasteiger partial charge on any atom is 0.0546 e. The first-order valence-corrected chi connectivity index (χ1v) is 17.2. The number of fused-ring (bicyclic) bond motifs is 3. The smallest absolute Gasteiger partial charge is 0.0546 e. The molecule has 0 spiro atoms. The lowest BCUT2D eigenvalue weighted by molar-refractivity contribution is 1.27. The van der Waals surface area contributed by atoms with E-state index < -0.39 is 0 Å². The van der Waals surface area contributed by atoms with Gasteiger partial charge < -0.3 is 9.80 Å². The summed E-state index contributed by atoms with van der Waals surface area (Å²) < 4.78 is 0. The summed E-state index contributed by atoms with van der Waals surface area (Å²) in [6.07, 6.45) is 4.38. The Hall–Kier alpha value is -6.38. The lowest BCUT2D eigenvalue weighted by Gasteiger charge is -2.27. The highest BCUT2D eigenvalue weighted by Gasteiger charge is 2.17. The number of anilines is 6. The maximum absolute atomic E-state index is 2.37. The quantitative estimate of drug-likeness (QED) is 0.120. The van der Waals surface area contributed by atoms with Gasteiger partial charge in [0.25, 0.3) is 0 Å². The van der Waals surface area contributed by atoms with Crippen LogP contribution in [-0.4, -0.2) is 0 Å². The fourth-order valence-corrected chi connectivity index (χ4v) is 6.72. The monoisotopic (exact) mass is 642 g/mol. The molecule has 2 heteroatoms. The molecular formula is C48H38N2. The van der Waals surface area contributed by atoms with Crippen LogP contribution in [0.25, 0.3) is 33.7 Å². The van der Waals surface area contributed by atoms with Crippen LogP contribution in [0.1, 0.15) is 22.3 Å². The van der Waals surface area contributed by atoms with Crippen molar-refractivity contribution in [1.29, 1.82) is 0 Å². The van der Waals surface area contributed by atoms with Crippen LogP contribution in [0.5, 0.6) is 0 Å². The van der Waals surface area contributed by atoms with Gasteiger partial charge in [-0.15, -0.1) is 0 Å². The summed E-state index contributed by atoms with van der Waals surface area (Å²) in [4.78, 5) is 4.68. The molecule has 2 nitrogen and oxygen atoms in total. The molecule has 0 saturated carbocycles. The minimum absolute atomic E-state index is 1.12. The maximum atomic E-state index is 2.37. The first-order chi connectivity index (χ1) is 24.6. The molecule has 8 rings (SSSR count). The first kappa shape index (κ1) is 30.9. The van der Waals surface area contributed by atoms with Gasteiger partial charge in [-0.25, -0.2) is 0 Å². The molecule has 0 aliphatic rings. The molecule has 8 aromatic carbocycles. The summed E-state index contributed by atoms with van der Waals surface area (Å²) in [7, 11) is 0.